The monoisotopic (exact) mass is 522 g/mol. The molecule has 0 saturated carbocycles. The highest BCUT2D eigenvalue weighted by Crippen LogP contribution is 2.35. The van der Waals surface area contributed by atoms with E-state index >= 15 is 0 Å². The van der Waals surface area contributed by atoms with Gasteiger partial charge < -0.3 is 4.74 Å². The predicted molar refractivity (Wildman–Crippen MR) is 99.0 cm³/mol. The van der Waals surface area contributed by atoms with Crippen molar-refractivity contribution in [1.29, 1.82) is 0 Å². The Labute approximate surface area is 154 Å². The molecule has 0 saturated heterocycles. The van der Waals surface area contributed by atoms with Crippen molar-refractivity contribution in [1.82, 2.24) is 14.8 Å². The average molecular weight is 522 g/mol. The van der Waals surface area contributed by atoms with Crippen LogP contribution in [0.1, 0.15) is 18.0 Å². The van der Waals surface area contributed by atoms with Gasteiger partial charge in [0.1, 0.15) is 18.7 Å². The van der Waals surface area contributed by atoms with Gasteiger partial charge in [0, 0.05) is 0 Å². The molecule has 114 valence electrons. The van der Waals surface area contributed by atoms with E-state index < -0.39 is 0 Å². The fourth-order valence-corrected chi connectivity index (χ4v) is 4.44. The number of aromatic nitrogens is 3. The maximum atomic E-state index is 11.9. The van der Waals surface area contributed by atoms with E-state index in [1.807, 2.05) is 12.1 Å². The number of anilines is 1. The normalized spacial score (nSPS) is 16.8. The van der Waals surface area contributed by atoms with E-state index in [0.717, 1.165) is 18.5 Å². The van der Waals surface area contributed by atoms with Crippen LogP contribution in [0.3, 0.4) is 0 Å². The van der Waals surface area contributed by atoms with Crippen molar-refractivity contribution in [3.05, 3.63) is 43.8 Å². The second-order valence-electron chi connectivity index (χ2n) is 4.71. The topological polar surface area (TPSA) is 69.0 Å². The van der Waals surface area contributed by atoms with E-state index in [1.54, 1.807) is 10.8 Å². The number of ether oxygens (including phenoxy) is 1. The van der Waals surface area contributed by atoms with E-state index in [0.29, 0.717) is 19.0 Å². The molecule has 1 aliphatic heterocycles. The SMILES string of the molecule is C=CCOc1c(I)cc([C@H]2CC(=O)Nc3ncnn32)cc1I. The molecule has 0 unspecified atom stereocenters. The molecule has 1 aromatic carbocycles. The van der Waals surface area contributed by atoms with Crippen LogP contribution in [0.4, 0.5) is 5.95 Å². The van der Waals surface area contributed by atoms with Crippen LogP contribution in [-0.2, 0) is 4.79 Å². The third kappa shape index (κ3) is 2.98. The van der Waals surface area contributed by atoms with Crippen LogP contribution in [-0.4, -0.2) is 27.3 Å². The Hall–Kier alpha value is -1.17. The Morgan fingerprint density at radius 1 is 1.45 bits per heavy atom. The van der Waals surface area contributed by atoms with Gasteiger partial charge in [0.15, 0.2) is 0 Å². The molecule has 6 nitrogen and oxygen atoms in total. The number of carbonyl (C=O) groups is 1. The van der Waals surface area contributed by atoms with Crippen LogP contribution in [0.15, 0.2) is 31.1 Å². The van der Waals surface area contributed by atoms with Crippen molar-refractivity contribution in [2.75, 3.05) is 11.9 Å². The summed E-state index contributed by atoms with van der Waals surface area (Å²) in [6, 6.07) is 3.90. The molecule has 22 heavy (non-hydrogen) atoms. The smallest absolute Gasteiger partial charge is 0.229 e. The van der Waals surface area contributed by atoms with Gasteiger partial charge in [0.25, 0.3) is 0 Å². The Morgan fingerprint density at radius 2 is 2.18 bits per heavy atom. The zero-order chi connectivity index (χ0) is 15.7. The lowest BCUT2D eigenvalue weighted by molar-refractivity contribution is -0.117. The minimum absolute atomic E-state index is 0.0532. The van der Waals surface area contributed by atoms with Crippen molar-refractivity contribution >= 4 is 57.0 Å². The number of rotatable bonds is 4. The Bertz CT molecular complexity index is 721. The number of nitrogens with zero attached hydrogens (tertiary/aromatic N) is 3. The van der Waals surface area contributed by atoms with Crippen LogP contribution in [0.25, 0.3) is 0 Å². The lowest BCUT2D eigenvalue weighted by atomic mass is 10.0. The number of benzene rings is 1. The summed E-state index contributed by atoms with van der Waals surface area (Å²) in [6.45, 7) is 4.12. The van der Waals surface area contributed by atoms with Gasteiger partial charge in [-0.25, -0.2) is 4.68 Å². The molecule has 0 bridgehead atoms. The molecular weight excluding hydrogens is 510 g/mol. The van der Waals surface area contributed by atoms with Crippen LogP contribution < -0.4 is 10.1 Å². The Kier molecular flexibility index (Phi) is 4.66. The first-order valence-corrected chi connectivity index (χ1v) is 8.68. The fourth-order valence-electron chi connectivity index (χ4n) is 2.32. The van der Waals surface area contributed by atoms with E-state index in [2.05, 4.69) is 67.2 Å². The maximum Gasteiger partial charge on any atom is 0.229 e. The minimum Gasteiger partial charge on any atom is -0.487 e. The van der Waals surface area contributed by atoms with Gasteiger partial charge in [0.05, 0.1) is 19.6 Å². The third-order valence-electron chi connectivity index (χ3n) is 3.25. The molecule has 1 N–H and O–H groups in total. The number of fused-ring (bicyclic) bond motifs is 1. The summed E-state index contributed by atoms with van der Waals surface area (Å²) in [5.74, 6) is 1.27. The number of carbonyl (C=O) groups excluding carboxylic acids is 1. The van der Waals surface area contributed by atoms with Gasteiger partial charge in [-0.15, -0.1) is 0 Å². The van der Waals surface area contributed by atoms with Gasteiger partial charge in [-0.2, -0.15) is 10.1 Å². The molecule has 2 heterocycles. The molecule has 0 fully saturated rings. The lowest BCUT2D eigenvalue weighted by Gasteiger charge is -2.24. The van der Waals surface area contributed by atoms with Gasteiger partial charge >= 0.3 is 0 Å². The van der Waals surface area contributed by atoms with Gasteiger partial charge in [-0.05, 0) is 62.9 Å². The standard InChI is InChI=1S/C14H12I2N4O2/c1-2-3-22-13-9(15)4-8(5-10(13)16)11-6-12(21)19-14-17-7-18-20(11)14/h2,4-5,7,11H,1,3,6H2,(H,17,18,19,21)/t11-/m1/s1. The van der Waals surface area contributed by atoms with Crippen LogP contribution >= 0.6 is 45.2 Å². The van der Waals surface area contributed by atoms with Gasteiger partial charge in [-0.3, -0.25) is 10.1 Å². The van der Waals surface area contributed by atoms with Crippen molar-refractivity contribution < 1.29 is 9.53 Å². The second-order valence-corrected chi connectivity index (χ2v) is 7.03. The molecule has 0 radical (unpaired) electrons. The molecule has 1 amide bonds. The molecular formula is C14H12I2N4O2. The van der Waals surface area contributed by atoms with E-state index in [-0.39, 0.29) is 11.9 Å². The van der Waals surface area contributed by atoms with Crippen LogP contribution in [0.5, 0.6) is 5.75 Å². The lowest BCUT2D eigenvalue weighted by Crippen LogP contribution is -2.29. The summed E-state index contributed by atoms with van der Waals surface area (Å²) in [4.78, 5) is 15.9. The van der Waals surface area contributed by atoms with Crippen LogP contribution in [0.2, 0.25) is 0 Å². The first kappa shape index (κ1) is 15.7. The Morgan fingerprint density at radius 3 is 2.86 bits per heavy atom. The second kappa shape index (κ2) is 6.52. The quantitative estimate of drug-likeness (QED) is 0.496. The number of nitrogens with one attached hydrogen (secondary N) is 1. The zero-order valence-corrected chi connectivity index (χ0v) is 15.7. The summed E-state index contributed by atoms with van der Waals surface area (Å²) in [5, 5.41) is 6.94. The van der Waals surface area contributed by atoms with Crippen molar-refractivity contribution in [3.63, 3.8) is 0 Å². The highest BCUT2D eigenvalue weighted by Gasteiger charge is 2.28. The first-order chi connectivity index (χ1) is 10.6. The molecule has 8 heteroatoms. The molecule has 0 spiro atoms. The predicted octanol–water partition coefficient (Wildman–Crippen LogP) is 2.98. The molecule has 1 atom stereocenters. The first-order valence-electron chi connectivity index (χ1n) is 6.52. The molecule has 2 aromatic rings. The highest BCUT2D eigenvalue weighted by atomic mass is 127. The van der Waals surface area contributed by atoms with E-state index in [1.165, 1.54) is 6.33 Å². The summed E-state index contributed by atoms with van der Waals surface area (Å²) >= 11 is 4.48. The zero-order valence-electron chi connectivity index (χ0n) is 11.4. The fraction of sp³-hybridized carbons (Fsp3) is 0.214. The molecule has 1 aromatic heterocycles. The number of hydrogen-bond acceptors (Lipinski definition) is 4. The summed E-state index contributed by atoms with van der Waals surface area (Å²) in [7, 11) is 0. The minimum atomic E-state index is -0.151. The largest absolute Gasteiger partial charge is 0.487 e. The highest BCUT2D eigenvalue weighted by molar-refractivity contribution is 14.1. The van der Waals surface area contributed by atoms with Crippen molar-refractivity contribution in [3.8, 4) is 5.75 Å². The summed E-state index contributed by atoms with van der Waals surface area (Å²) in [6.07, 6.45) is 3.51. The maximum absolute atomic E-state index is 11.9. The van der Waals surface area contributed by atoms with E-state index in [4.69, 9.17) is 4.74 Å². The molecule has 0 aliphatic carbocycles. The number of hydrogen-bond donors (Lipinski definition) is 1. The number of amides is 1. The summed E-state index contributed by atoms with van der Waals surface area (Å²) in [5.41, 5.74) is 1.02. The Balaban J connectivity index is 2.00. The van der Waals surface area contributed by atoms with Crippen LogP contribution in [0, 0.1) is 7.14 Å². The molecule has 1 aliphatic rings. The van der Waals surface area contributed by atoms with Gasteiger partial charge in [0.2, 0.25) is 11.9 Å². The summed E-state index contributed by atoms with van der Waals surface area (Å²) < 4.78 is 9.42. The van der Waals surface area contributed by atoms with Crippen molar-refractivity contribution in [2.24, 2.45) is 0 Å². The van der Waals surface area contributed by atoms with E-state index in [9.17, 15) is 4.79 Å². The third-order valence-corrected chi connectivity index (χ3v) is 4.85. The number of halogens is 2. The van der Waals surface area contributed by atoms with Gasteiger partial charge in [-0.1, -0.05) is 12.7 Å². The average Bonchev–Trinajstić information content (AvgIpc) is 2.93. The molecule has 3 rings (SSSR count). The van der Waals surface area contributed by atoms with Crippen molar-refractivity contribution in [2.45, 2.75) is 12.5 Å².